The van der Waals surface area contributed by atoms with E-state index in [4.69, 9.17) is 31.6 Å². The molecule has 0 heterocycles. The van der Waals surface area contributed by atoms with Crippen LogP contribution in [0.2, 0.25) is 0 Å². The van der Waals surface area contributed by atoms with E-state index in [2.05, 4.69) is 0 Å². The molecular weight excluding hydrogens is 352 g/mol. The number of rotatable bonds is 0. The van der Waals surface area contributed by atoms with Crippen molar-refractivity contribution in [3.05, 3.63) is 0 Å². The maximum atomic E-state index is 8.58. The van der Waals surface area contributed by atoms with Gasteiger partial charge >= 0.3 is 147 Å². The molecule has 0 saturated carbocycles. The Bertz CT molecular complexity index is 397. The standard InChI is InChI=1S/6CN.Fe.Mn.Rb/c6*1-2;;;/q;;;;;;-3;+2;+1. The van der Waals surface area contributed by atoms with Crippen LogP contribution in [0.1, 0.15) is 0 Å². The van der Waals surface area contributed by atoms with Gasteiger partial charge in [0.15, 0.2) is 0 Å². The molecule has 70 valence electrons. The molecule has 0 N–H and O–H groups in total. The minimum atomic E-state index is -6.17. The van der Waals surface area contributed by atoms with Crippen LogP contribution in [0, 0.1) is 61.4 Å². The van der Waals surface area contributed by atoms with Gasteiger partial charge in [-0.3, -0.25) is 0 Å². The summed E-state index contributed by atoms with van der Waals surface area (Å²) in [5.74, 6) is 0. The third kappa shape index (κ3) is 2.16. The molecule has 6 nitrogen and oxygen atoms in total. The van der Waals surface area contributed by atoms with Crippen molar-refractivity contribution in [1.29, 1.82) is 31.6 Å². The second-order valence-electron chi connectivity index (χ2n) is 1.80. The Morgan fingerprint density at radius 3 is 0.667 bits per heavy atom. The normalized spacial score (nSPS) is 11.6. The van der Waals surface area contributed by atoms with Gasteiger partial charge in [-0.1, -0.05) is 0 Å². The molecule has 0 unspecified atom stereocenters. The zero-order valence-electron chi connectivity index (χ0n) is 7.41. The van der Waals surface area contributed by atoms with Crippen LogP contribution < -0.4 is 58.2 Å². The summed E-state index contributed by atoms with van der Waals surface area (Å²) in [6.45, 7) is 0. The average Bonchev–Trinajstić information content (AvgIpc) is 2.26. The Morgan fingerprint density at radius 1 is 0.533 bits per heavy atom. The van der Waals surface area contributed by atoms with Crippen molar-refractivity contribution in [3.8, 4) is 29.8 Å². The first-order chi connectivity index (χ1) is 5.97. The summed E-state index contributed by atoms with van der Waals surface area (Å²) in [7, 11) is -6.17. The summed E-state index contributed by atoms with van der Waals surface area (Å²) in [5.41, 5.74) is 0. The molecule has 0 atom stereocenters. The van der Waals surface area contributed by atoms with Crippen LogP contribution >= 0.6 is 0 Å². The minimum Gasteiger partial charge on any atom is 1.00 e. The molecule has 1 radical (unpaired) electrons. The van der Waals surface area contributed by atoms with Gasteiger partial charge in [-0.05, 0) is 0 Å². The quantitative estimate of drug-likeness (QED) is 0.428. The van der Waals surface area contributed by atoms with Gasteiger partial charge in [-0.2, -0.15) is 0 Å². The van der Waals surface area contributed by atoms with Crippen LogP contribution in [-0.2, 0) is 27.8 Å². The Hall–Kier alpha value is -0.216. The molecule has 0 amide bonds. The smallest absolute Gasteiger partial charge is 1.00 e. The molecule has 0 spiro atoms. The van der Waals surface area contributed by atoms with E-state index in [9.17, 15) is 0 Å². The second-order valence-corrected chi connectivity index (χ2v) is 7.42. The molecular formula is C6FeMnN6Rb. The largest absolute Gasteiger partial charge is 2.00 e. The van der Waals surface area contributed by atoms with Crippen molar-refractivity contribution < 1.29 is 86.0 Å². The first kappa shape index (κ1) is 20.2. The van der Waals surface area contributed by atoms with Crippen molar-refractivity contribution >= 4 is 0 Å². The number of nitriles is 6. The predicted octanol–water partition coefficient (Wildman–Crippen LogP) is -2.90. The molecule has 0 saturated heterocycles. The van der Waals surface area contributed by atoms with Gasteiger partial charge in [0, 0.05) is 0 Å². The van der Waals surface area contributed by atoms with Crippen molar-refractivity contribution in [2.75, 3.05) is 0 Å². The van der Waals surface area contributed by atoms with Crippen LogP contribution in [0.4, 0.5) is 0 Å². The van der Waals surface area contributed by atoms with Crippen molar-refractivity contribution in [1.82, 2.24) is 0 Å². The summed E-state index contributed by atoms with van der Waals surface area (Å²) in [5, 5.41) is 51.5. The van der Waals surface area contributed by atoms with E-state index in [1.54, 1.807) is 0 Å². The summed E-state index contributed by atoms with van der Waals surface area (Å²) in [6.07, 6.45) is 0. The molecule has 0 aliphatic carbocycles. The zero-order chi connectivity index (χ0) is 10.7. The molecule has 0 aliphatic rings. The predicted molar refractivity (Wildman–Crippen MR) is 33.7 cm³/mol. The minimum absolute atomic E-state index is 0. The molecule has 9 heteroatoms. The maximum absolute atomic E-state index is 8.58. The fraction of sp³-hybridized carbons (Fsp3) is 0. The van der Waals surface area contributed by atoms with E-state index >= 15 is 0 Å². The topological polar surface area (TPSA) is 143 Å². The van der Waals surface area contributed by atoms with Crippen LogP contribution in [0.3, 0.4) is 0 Å². The van der Waals surface area contributed by atoms with E-state index in [0.717, 1.165) is 29.8 Å². The summed E-state index contributed by atoms with van der Waals surface area (Å²) in [4.78, 5) is 6.19. The van der Waals surface area contributed by atoms with Gasteiger partial charge in [0.05, 0.1) is 0 Å². The van der Waals surface area contributed by atoms with Crippen LogP contribution in [0.15, 0.2) is 0 Å². The fourth-order valence-corrected chi connectivity index (χ4v) is 1.09. The van der Waals surface area contributed by atoms with E-state index < -0.39 is 10.7 Å². The SMILES string of the molecule is N#[C][Fe-3]([C]#N)([C]#N)([C]#N)([C]#N)[C]#N.[Mn+2].[Rb+]. The van der Waals surface area contributed by atoms with E-state index in [1.165, 1.54) is 0 Å². The number of hydrogen-bond acceptors (Lipinski definition) is 6. The third-order valence-electron chi connectivity index (χ3n) is 1.19. The molecule has 15 heavy (non-hydrogen) atoms. The van der Waals surface area contributed by atoms with Gasteiger partial charge in [0.2, 0.25) is 0 Å². The summed E-state index contributed by atoms with van der Waals surface area (Å²) in [6, 6.07) is 0. The monoisotopic (exact) mass is 352 g/mol. The Morgan fingerprint density at radius 2 is 0.667 bits per heavy atom. The number of nitrogens with zero attached hydrogens (tertiary/aromatic N) is 6. The first-order valence-corrected chi connectivity index (χ1v) is 5.71. The van der Waals surface area contributed by atoms with Crippen molar-refractivity contribution in [2.24, 2.45) is 0 Å². The van der Waals surface area contributed by atoms with Gasteiger partial charge in [0.25, 0.3) is 0 Å². The van der Waals surface area contributed by atoms with Crippen LogP contribution in [0.25, 0.3) is 0 Å². The zero-order valence-corrected chi connectivity index (χ0v) is 14.6. The van der Waals surface area contributed by atoms with Crippen molar-refractivity contribution in [2.45, 2.75) is 0 Å². The summed E-state index contributed by atoms with van der Waals surface area (Å²) < 4.78 is 0. The number of hydrogen-bond donors (Lipinski definition) is 0. The fourth-order valence-electron chi connectivity index (χ4n) is 0.265. The molecule has 0 aromatic heterocycles. The van der Waals surface area contributed by atoms with Gasteiger partial charge in [-0.15, -0.1) is 0 Å². The molecule has 0 aliphatic heterocycles. The van der Waals surface area contributed by atoms with Gasteiger partial charge in [-0.25, -0.2) is 0 Å². The Labute approximate surface area is 144 Å². The van der Waals surface area contributed by atoms with Gasteiger partial charge in [0.1, 0.15) is 0 Å². The summed E-state index contributed by atoms with van der Waals surface area (Å²) >= 11 is 0. The van der Waals surface area contributed by atoms with Crippen LogP contribution in [0.5, 0.6) is 0 Å². The van der Waals surface area contributed by atoms with Crippen molar-refractivity contribution in [3.63, 3.8) is 0 Å². The second kappa shape index (κ2) is 5.22. The molecule has 0 fully saturated rings. The Balaban J connectivity index is -0.000000720. The van der Waals surface area contributed by atoms with E-state index in [-0.39, 0.29) is 75.3 Å². The molecule has 0 aromatic carbocycles. The maximum Gasteiger partial charge on any atom is 2.00 e. The first-order valence-electron chi connectivity index (χ1n) is 2.40. The third-order valence-corrected chi connectivity index (χ3v) is 4.89. The Kier molecular flexibility index (Phi) is 7.03. The van der Waals surface area contributed by atoms with Gasteiger partial charge < -0.3 is 0 Å². The van der Waals surface area contributed by atoms with E-state index in [0.29, 0.717) is 0 Å². The molecule has 0 rings (SSSR count). The van der Waals surface area contributed by atoms with E-state index in [1.807, 2.05) is 0 Å². The molecule has 0 aromatic rings. The average molecular weight is 352 g/mol. The van der Waals surface area contributed by atoms with Crippen LogP contribution in [-0.4, -0.2) is 0 Å². The molecule has 0 bridgehead atoms.